The van der Waals surface area contributed by atoms with Crippen LogP contribution in [0.5, 0.6) is 0 Å². The van der Waals surface area contributed by atoms with E-state index in [4.69, 9.17) is 11.6 Å². The van der Waals surface area contributed by atoms with Crippen molar-refractivity contribution in [2.24, 2.45) is 5.41 Å². The number of hydrogen-bond acceptors (Lipinski definition) is 3. The summed E-state index contributed by atoms with van der Waals surface area (Å²) in [5, 5.41) is 2.59. The van der Waals surface area contributed by atoms with Gasteiger partial charge in [-0.15, -0.1) is 11.6 Å². The Bertz CT molecular complexity index is 321. The van der Waals surface area contributed by atoms with Crippen LogP contribution in [0.25, 0.3) is 0 Å². The standard InChI is InChI=1S/C8H14ClNO3S/c1-14(12,13)4-7(11)10-6-8(5-9)2-3-8/h2-6H2,1H3,(H,10,11). The fourth-order valence-electron chi connectivity index (χ4n) is 1.11. The molecule has 82 valence electrons. The van der Waals surface area contributed by atoms with Gasteiger partial charge in [-0.3, -0.25) is 4.79 Å². The van der Waals surface area contributed by atoms with Crippen LogP contribution in [0.4, 0.5) is 0 Å². The summed E-state index contributed by atoms with van der Waals surface area (Å²) < 4.78 is 21.5. The highest BCUT2D eigenvalue weighted by molar-refractivity contribution is 7.91. The van der Waals surface area contributed by atoms with Crippen molar-refractivity contribution in [3.63, 3.8) is 0 Å². The molecule has 1 aliphatic carbocycles. The molecule has 4 nitrogen and oxygen atoms in total. The van der Waals surface area contributed by atoms with Crippen molar-refractivity contribution in [1.29, 1.82) is 0 Å². The Morgan fingerprint density at radius 2 is 2.07 bits per heavy atom. The van der Waals surface area contributed by atoms with Crippen LogP contribution in [-0.2, 0) is 14.6 Å². The summed E-state index contributed by atoms with van der Waals surface area (Å²) in [6.45, 7) is 0.491. The summed E-state index contributed by atoms with van der Waals surface area (Å²) in [4.78, 5) is 11.1. The number of halogens is 1. The average Bonchev–Trinajstić information content (AvgIpc) is 2.78. The molecule has 1 rings (SSSR count). The largest absolute Gasteiger partial charge is 0.355 e. The molecule has 1 fully saturated rings. The van der Waals surface area contributed by atoms with E-state index in [1.165, 1.54) is 0 Å². The molecule has 6 heteroatoms. The van der Waals surface area contributed by atoms with Gasteiger partial charge in [0, 0.05) is 24.1 Å². The molecular formula is C8H14ClNO3S. The van der Waals surface area contributed by atoms with E-state index in [2.05, 4.69) is 5.32 Å². The number of hydrogen-bond donors (Lipinski definition) is 1. The number of alkyl halides is 1. The fourth-order valence-corrected chi connectivity index (χ4v) is 2.05. The van der Waals surface area contributed by atoms with E-state index in [0.29, 0.717) is 12.4 Å². The molecule has 0 radical (unpaired) electrons. The minimum Gasteiger partial charge on any atom is -0.355 e. The molecule has 0 aromatic heterocycles. The number of rotatable bonds is 5. The van der Waals surface area contributed by atoms with Crippen LogP contribution in [0, 0.1) is 5.41 Å². The number of nitrogens with one attached hydrogen (secondary N) is 1. The lowest BCUT2D eigenvalue weighted by Crippen LogP contribution is -2.35. The van der Waals surface area contributed by atoms with Gasteiger partial charge in [-0.05, 0) is 12.8 Å². The first-order valence-corrected chi connectivity index (χ1v) is 6.97. The molecule has 14 heavy (non-hydrogen) atoms. The lowest BCUT2D eigenvalue weighted by atomic mass is 10.1. The normalized spacial score (nSPS) is 19.0. The molecule has 1 saturated carbocycles. The topological polar surface area (TPSA) is 63.2 Å². The molecule has 0 unspecified atom stereocenters. The van der Waals surface area contributed by atoms with Crippen LogP contribution in [0.2, 0.25) is 0 Å². The molecule has 1 aliphatic rings. The van der Waals surface area contributed by atoms with E-state index in [-0.39, 0.29) is 5.41 Å². The Hall–Kier alpha value is -0.290. The second-order valence-corrected chi connectivity index (χ2v) is 6.39. The predicted molar refractivity (Wildman–Crippen MR) is 55.1 cm³/mol. The summed E-state index contributed by atoms with van der Waals surface area (Å²) in [7, 11) is -3.22. The molecule has 0 aromatic rings. The molecule has 0 aromatic carbocycles. The van der Waals surface area contributed by atoms with Crippen molar-refractivity contribution in [1.82, 2.24) is 5.32 Å². The highest BCUT2D eigenvalue weighted by Crippen LogP contribution is 2.45. The molecule has 0 heterocycles. The van der Waals surface area contributed by atoms with E-state index in [0.717, 1.165) is 19.1 Å². The van der Waals surface area contributed by atoms with Gasteiger partial charge in [0.05, 0.1) is 0 Å². The maximum absolute atomic E-state index is 11.1. The van der Waals surface area contributed by atoms with Crippen molar-refractivity contribution in [2.45, 2.75) is 12.8 Å². The number of carbonyl (C=O) groups excluding carboxylic acids is 1. The lowest BCUT2D eigenvalue weighted by molar-refractivity contribution is -0.118. The van der Waals surface area contributed by atoms with Crippen LogP contribution in [0.3, 0.4) is 0 Å². The Morgan fingerprint density at radius 3 is 2.43 bits per heavy atom. The molecule has 0 bridgehead atoms. The fraction of sp³-hybridized carbons (Fsp3) is 0.875. The Balaban J connectivity index is 2.29. The third-order valence-electron chi connectivity index (χ3n) is 2.29. The summed E-state index contributed by atoms with van der Waals surface area (Å²) in [6.07, 6.45) is 3.06. The number of carbonyl (C=O) groups is 1. The SMILES string of the molecule is CS(=O)(=O)CC(=O)NCC1(CCl)CC1. The molecule has 1 amide bonds. The third-order valence-corrected chi connectivity index (χ3v) is 3.65. The average molecular weight is 240 g/mol. The lowest BCUT2D eigenvalue weighted by Gasteiger charge is -2.11. The van der Waals surface area contributed by atoms with Gasteiger partial charge in [-0.25, -0.2) is 8.42 Å². The van der Waals surface area contributed by atoms with Gasteiger partial charge >= 0.3 is 0 Å². The third kappa shape index (κ3) is 3.84. The quantitative estimate of drug-likeness (QED) is 0.696. The molecule has 0 atom stereocenters. The molecular weight excluding hydrogens is 226 g/mol. The van der Waals surface area contributed by atoms with Crippen LogP contribution in [-0.4, -0.2) is 38.8 Å². The number of amides is 1. The van der Waals surface area contributed by atoms with Gasteiger partial charge in [0.15, 0.2) is 9.84 Å². The maximum atomic E-state index is 11.1. The minimum atomic E-state index is -3.22. The Kier molecular flexibility index (Phi) is 3.42. The predicted octanol–water partition coefficient (Wildman–Crippen LogP) is 0.166. The van der Waals surface area contributed by atoms with Crippen LogP contribution in [0.1, 0.15) is 12.8 Å². The van der Waals surface area contributed by atoms with Gasteiger partial charge in [-0.1, -0.05) is 0 Å². The van der Waals surface area contributed by atoms with Crippen LogP contribution >= 0.6 is 11.6 Å². The Morgan fingerprint density at radius 1 is 1.50 bits per heavy atom. The van der Waals surface area contributed by atoms with E-state index in [1.54, 1.807) is 0 Å². The van der Waals surface area contributed by atoms with Gasteiger partial charge in [0.1, 0.15) is 5.75 Å². The van der Waals surface area contributed by atoms with Crippen molar-refractivity contribution in [3.05, 3.63) is 0 Å². The zero-order chi connectivity index (χ0) is 10.8. The summed E-state index contributed by atoms with van der Waals surface area (Å²) in [5.74, 6) is -0.360. The first-order chi connectivity index (χ1) is 6.37. The monoisotopic (exact) mass is 239 g/mol. The van der Waals surface area contributed by atoms with Gasteiger partial charge in [0.2, 0.25) is 5.91 Å². The molecule has 1 N–H and O–H groups in total. The summed E-state index contributed by atoms with van der Waals surface area (Å²) >= 11 is 5.70. The number of sulfone groups is 1. The van der Waals surface area contributed by atoms with Crippen molar-refractivity contribution in [2.75, 3.05) is 24.4 Å². The van der Waals surface area contributed by atoms with Gasteiger partial charge < -0.3 is 5.32 Å². The Labute approximate surface area is 88.9 Å². The van der Waals surface area contributed by atoms with Crippen molar-refractivity contribution in [3.8, 4) is 0 Å². The van der Waals surface area contributed by atoms with Crippen molar-refractivity contribution >= 4 is 27.3 Å². The molecule has 0 spiro atoms. The second-order valence-electron chi connectivity index (χ2n) is 3.98. The zero-order valence-corrected chi connectivity index (χ0v) is 9.62. The highest BCUT2D eigenvalue weighted by Gasteiger charge is 2.41. The zero-order valence-electron chi connectivity index (χ0n) is 8.05. The van der Waals surface area contributed by atoms with E-state index in [9.17, 15) is 13.2 Å². The summed E-state index contributed by atoms with van der Waals surface area (Å²) in [5.41, 5.74) is 0.0364. The van der Waals surface area contributed by atoms with Gasteiger partial charge in [-0.2, -0.15) is 0 Å². The first kappa shape index (κ1) is 11.8. The van der Waals surface area contributed by atoms with E-state index >= 15 is 0 Å². The van der Waals surface area contributed by atoms with E-state index < -0.39 is 21.5 Å². The minimum absolute atomic E-state index is 0.0364. The first-order valence-electron chi connectivity index (χ1n) is 4.37. The molecule has 0 saturated heterocycles. The second kappa shape index (κ2) is 4.06. The van der Waals surface area contributed by atoms with Gasteiger partial charge in [0.25, 0.3) is 0 Å². The van der Waals surface area contributed by atoms with Crippen LogP contribution < -0.4 is 5.32 Å². The van der Waals surface area contributed by atoms with E-state index in [1.807, 2.05) is 0 Å². The van der Waals surface area contributed by atoms with Crippen molar-refractivity contribution < 1.29 is 13.2 Å². The summed E-state index contributed by atoms with van der Waals surface area (Å²) in [6, 6.07) is 0. The maximum Gasteiger partial charge on any atom is 0.235 e. The highest BCUT2D eigenvalue weighted by atomic mass is 35.5. The van der Waals surface area contributed by atoms with Crippen LogP contribution in [0.15, 0.2) is 0 Å². The molecule has 0 aliphatic heterocycles. The smallest absolute Gasteiger partial charge is 0.235 e.